The molecule has 0 radical (unpaired) electrons. The fourth-order valence-electron chi connectivity index (χ4n) is 4.03. The Balaban J connectivity index is 2.10. The highest BCUT2D eigenvalue weighted by atomic mass is 35.5. The summed E-state index contributed by atoms with van der Waals surface area (Å²) in [6, 6.07) is 15.2. The second kappa shape index (κ2) is 13.7. The molecule has 0 spiro atoms. The van der Waals surface area contributed by atoms with E-state index in [1.807, 2.05) is 13.8 Å². The molecule has 214 valence electrons. The monoisotopic (exact) mass is 623 g/mol. The first-order valence-electron chi connectivity index (χ1n) is 12.7. The Kier molecular flexibility index (Phi) is 10.9. The number of sulfonamides is 1. The zero-order valence-electron chi connectivity index (χ0n) is 22.7. The van der Waals surface area contributed by atoms with Crippen molar-refractivity contribution < 1.29 is 18.0 Å². The number of aryl methyl sites for hydroxylation is 2. The smallest absolute Gasteiger partial charge is 0.264 e. The van der Waals surface area contributed by atoms with E-state index < -0.39 is 28.5 Å². The van der Waals surface area contributed by atoms with E-state index in [1.54, 1.807) is 56.3 Å². The maximum atomic E-state index is 14.0. The minimum atomic E-state index is -4.21. The Hall–Kier alpha value is -2.78. The van der Waals surface area contributed by atoms with Crippen LogP contribution < -0.4 is 9.62 Å². The number of nitrogens with zero attached hydrogens (tertiary/aromatic N) is 2. The van der Waals surface area contributed by atoms with E-state index in [2.05, 4.69) is 5.32 Å². The molecule has 0 saturated carbocycles. The molecule has 3 rings (SSSR count). The Morgan fingerprint density at radius 1 is 0.950 bits per heavy atom. The van der Waals surface area contributed by atoms with Crippen LogP contribution in [0.2, 0.25) is 15.1 Å². The van der Waals surface area contributed by atoms with Crippen molar-refractivity contribution in [2.24, 2.45) is 0 Å². The van der Waals surface area contributed by atoms with E-state index in [0.29, 0.717) is 39.2 Å². The molecule has 0 bridgehead atoms. The zero-order chi connectivity index (χ0) is 29.6. The maximum Gasteiger partial charge on any atom is 0.264 e. The third-order valence-electron chi connectivity index (χ3n) is 6.43. The van der Waals surface area contributed by atoms with Gasteiger partial charge in [-0.3, -0.25) is 13.9 Å². The summed E-state index contributed by atoms with van der Waals surface area (Å²) in [5, 5.41) is 3.75. The van der Waals surface area contributed by atoms with Gasteiger partial charge in [0.15, 0.2) is 0 Å². The number of hydrogen-bond acceptors (Lipinski definition) is 4. The lowest BCUT2D eigenvalue weighted by Gasteiger charge is -2.32. The summed E-state index contributed by atoms with van der Waals surface area (Å²) in [5.41, 5.74) is 2.18. The number of rotatable bonds is 11. The van der Waals surface area contributed by atoms with Crippen molar-refractivity contribution in [1.82, 2.24) is 10.2 Å². The lowest BCUT2D eigenvalue weighted by atomic mass is 10.1. The number of carbonyl (C=O) groups excluding carboxylic acids is 2. The van der Waals surface area contributed by atoms with Crippen LogP contribution in [0, 0.1) is 13.8 Å². The number of hydrogen-bond donors (Lipinski definition) is 1. The predicted molar refractivity (Wildman–Crippen MR) is 162 cm³/mol. The van der Waals surface area contributed by atoms with E-state index in [-0.39, 0.29) is 23.0 Å². The minimum Gasteiger partial charge on any atom is -0.354 e. The van der Waals surface area contributed by atoms with Crippen molar-refractivity contribution in [3.05, 3.63) is 92.4 Å². The predicted octanol–water partition coefficient (Wildman–Crippen LogP) is 6.40. The van der Waals surface area contributed by atoms with Gasteiger partial charge >= 0.3 is 0 Å². The van der Waals surface area contributed by atoms with E-state index in [0.717, 1.165) is 9.87 Å². The standard InChI is InChI=1S/C29H32Cl3N3O4S/c1-5-15-33-29(37)21(4)34(17-24-25(31)7-6-8-26(24)32)28(36)18-35(27-16-22(30)12-11-20(27)3)40(38,39)23-13-9-19(2)10-14-23/h6-14,16,21H,5,15,17-18H2,1-4H3,(H,33,37)/t21-/m0/s1. The maximum absolute atomic E-state index is 14.0. The molecule has 0 heterocycles. The number of anilines is 1. The SMILES string of the molecule is CCCNC(=O)[C@H](C)N(Cc1c(Cl)cccc1Cl)C(=O)CN(c1cc(Cl)ccc1C)S(=O)(=O)c1ccc(C)cc1. The molecular weight excluding hydrogens is 593 g/mol. The second-order valence-electron chi connectivity index (χ2n) is 9.44. The lowest BCUT2D eigenvalue weighted by Crippen LogP contribution is -2.51. The summed E-state index contributed by atoms with van der Waals surface area (Å²) in [6.45, 7) is 6.80. The Morgan fingerprint density at radius 3 is 2.17 bits per heavy atom. The van der Waals surface area contributed by atoms with Crippen molar-refractivity contribution in [3.8, 4) is 0 Å². The number of nitrogens with one attached hydrogen (secondary N) is 1. The molecule has 0 unspecified atom stereocenters. The van der Waals surface area contributed by atoms with Gasteiger partial charge in [-0.25, -0.2) is 8.42 Å². The van der Waals surface area contributed by atoms with E-state index >= 15 is 0 Å². The van der Waals surface area contributed by atoms with Gasteiger partial charge in [0.1, 0.15) is 12.6 Å². The van der Waals surface area contributed by atoms with Crippen molar-refractivity contribution >= 4 is 62.3 Å². The number of carbonyl (C=O) groups is 2. The molecule has 40 heavy (non-hydrogen) atoms. The van der Waals surface area contributed by atoms with Gasteiger partial charge in [-0.15, -0.1) is 0 Å². The van der Waals surface area contributed by atoms with Gasteiger partial charge in [-0.05, 0) is 69.2 Å². The van der Waals surface area contributed by atoms with Crippen LogP contribution in [0.5, 0.6) is 0 Å². The summed E-state index contributed by atoms with van der Waals surface area (Å²) in [4.78, 5) is 28.3. The van der Waals surface area contributed by atoms with Crippen LogP contribution in [0.15, 0.2) is 65.6 Å². The molecular formula is C29H32Cl3N3O4S. The fourth-order valence-corrected chi connectivity index (χ4v) is 6.19. The number of halogens is 3. The molecule has 0 aliphatic rings. The minimum absolute atomic E-state index is 0.0136. The van der Waals surface area contributed by atoms with Crippen LogP contribution in [0.1, 0.15) is 37.0 Å². The van der Waals surface area contributed by atoms with Crippen molar-refractivity contribution in [2.75, 3.05) is 17.4 Å². The Morgan fingerprint density at radius 2 is 1.57 bits per heavy atom. The summed E-state index contributed by atoms with van der Waals surface area (Å²) >= 11 is 19.1. The average molecular weight is 625 g/mol. The Labute approximate surface area is 251 Å². The summed E-state index contributed by atoms with van der Waals surface area (Å²) in [6.07, 6.45) is 0.708. The molecule has 11 heteroatoms. The Bertz CT molecular complexity index is 1460. The molecule has 1 N–H and O–H groups in total. The summed E-state index contributed by atoms with van der Waals surface area (Å²) in [7, 11) is -4.21. The van der Waals surface area contributed by atoms with Crippen LogP contribution in [-0.4, -0.2) is 44.3 Å². The third kappa shape index (κ3) is 7.49. The largest absolute Gasteiger partial charge is 0.354 e. The highest BCUT2D eigenvalue weighted by Crippen LogP contribution is 2.31. The molecule has 3 aromatic rings. The third-order valence-corrected chi connectivity index (χ3v) is 9.15. The van der Waals surface area contributed by atoms with Crippen LogP contribution in [0.4, 0.5) is 5.69 Å². The van der Waals surface area contributed by atoms with Gasteiger partial charge in [0.05, 0.1) is 10.6 Å². The number of amides is 2. The van der Waals surface area contributed by atoms with Gasteiger partial charge in [0.25, 0.3) is 10.0 Å². The molecule has 0 aliphatic carbocycles. The van der Waals surface area contributed by atoms with Gasteiger partial charge in [-0.1, -0.05) is 71.6 Å². The van der Waals surface area contributed by atoms with Crippen LogP contribution in [0.3, 0.4) is 0 Å². The summed E-state index contributed by atoms with van der Waals surface area (Å²) < 4.78 is 29.0. The topological polar surface area (TPSA) is 86.8 Å². The highest BCUT2D eigenvalue weighted by molar-refractivity contribution is 7.92. The normalized spacial score (nSPS) is 12.1. The molecule has 0 aliphatic heterocycles. The molecule has 0 aromatic heterocycles. The first-order chi connectivity index (χ1) is 18.9. The van der Waals surface area contributed by atoms with Gasteiger partial charge in [-0.2, -0.15) is 0 Å². The van der Waals surface area contributed by atoms with Crippen molar-refractivity contribution in [2.45, 2.75) is 51.6 Å². The van der Waals surface area contributed by atoms with Crippen molar-refractivity contribution in [1.29, 1.82) is 0 Å². The molecule has 1 atom stereocenters. The number of benzene rings is 3. The van der Waals surface area contributed by atoms with E-state index in [4.69, 9.17) is 34.8 Å². The average Bonchev–Trinajstić information content (AvgIpc) is 2.91. The van der Waals surface area contributed by atoms with Crippen LogP contribution >= 0.6 is 34.8 Å². The molecule has 2 amide bonds. The van der Waals surface area contributed by atoms with Crippen LogP contribution in [-0.2, 0) is 26.2 Å². The van der Waals surface area contributed by atoms with Crippen molar-refractivity contribution in [3.63, 3.8) is 0 Å². The fraction of sp³-hybridized carbons (Fsp3) is 0.310. The van der Waals surface area contributed by atoms with Gasteiger partial charge in [0.2, 0.25) is 11.8 Å². The zero-order valence-corrected chi connectivity index (χ0v) is 25.8. The van der Waals surface area contributed by atoms with Gasteiger partial charge < -0.3 is 10.2 Å². The lowest BCUT2D eigenvalue weighted by molar-refractivity contribution is -0.139. The highest BCUT2D eigenvalue weighted by Gasteiger charge is 2.33. The van der Waals surface area contributed by atoms with Gasteiger partial charge in [0, 0.05) is 33.7 Å². The first-order valence-corrected chi connectivity index (χ1v) is 15.3. The quantitative estimate of drug-likeness (QED) is 0.267. The van der Waals surface area contributed by atoms with E-state index in [9.17, 15) is 18.0 Å². The molecule has 0 saturated heterocycles. The first kappa shape index (κ1) is 31.7. The van der Waals surface area contributed by atoms with E-state index in [1.165, 1.54) is 23.1 Å². The summed E-state index contributed by atoms with van der Waals surface area (Å²) in [5.74, 6) is -1.00. The molecule has 0 fully saturated rings. The second-order valence-corrected chi connectivity index (χ2v) is 12.6. The molecule has 3 aromatic carbocycles. The molecule has 7 nitrogen and oxygen atoms in total. The van der Waals surface area contributed by atoms with Crippen LogP contribution in [0.25, 0.3) is 0 Å².